The zero-order valence-corrected chi connectivity index (χ0v) is 12.0. The molecule has 3 rings (SSSR count). The van der Waals surface area contributed by atoms with Gasteiger partial charge in [-0.15, -0.1) is 0 Å². The number of urea groups is 1. The van der Waals surface area contributed by atoms with Gasteiger partial charge in [-0.1, -0.05) is 12.1 Å². The fourth-order valence-corrected chi connectivity index (χ4v) is 2.88. The van der Waals surface area contributed by atoms with Crippen LogP contribution in [0.3, 0.4) is 0 Å². The first-order chi connectivity index (χ1) is 10.2. The van der Waals surface area contributed by atoms with E-state index in [1.54, 1.807) is 12.1 Å². The van der Waals surface area contributed by atoms with Crippen LogP contribution in [0.15, 0.2) is 24.3 Å². The largest absolute Gasteiger partial charge is 0.379 e. The molecule has 1 atom stereocenters. The lowest BCUT2D eigenvalue weighted by atomic mass is 9.96. The molecule has 1 heterocycles. The molecular weight excluding hydrogens is 271 g/mol. The zero-order chi connectivity index (χ0) is 14.7. The Balaban J connectivity index is 1.51. The highest BCUT2D eigenvalue weighted by molar-refractivity contribution is 5.74. The molecule has 2 aliphatic rings. The highest BCUT2D eigenvalue weighted by Gasteiger charge is 2.44. The van der Waals surface area contributed by atoms with Gasteiger partial charge in [0.25, 0.3) is 0 Å². The maximum atomic E-state index is 13.3. The van der Waals surface area contributed by atoms with Gasteiger partial charge in [-0.2, -0.15) is 0 Å². The zero-order valence-electron chi connectivity index (χ0n) is 12.0. The van der Waals surface area contributed by atoms with E-state index in [0.717, 1.165) is 37.9 Å². The highest BCUT2D eigenvalue weighted by Crippen LogP contribution is 2.47. The van der Waals surface area contributed by atoms with E-state index >= 15 is 0 Å². The van der Waals surface area contributed by atoms with Crippen LogP contribution in [0.2, 0.25) is 0 Å². The minimum Gasteiger partial charge on any atom is -0.379 e. The van der Waals surface area contributed by atoms with E-state index in [1.165, 1.54) is 6.07 Å². The molecule has 21 heavy (non-hydrogen) atoms. The van der Waals surface area contributed by atoms with E-state index in [4.69, 9.17) is 4.74 Å². The van der Waals surface area contributed by atoms with Crippen LogP contribution < -0.4 is 10.6 Å². The molecule has 1 aromatic rings. The third-order valence-electron chi connectivity index (χ3n) is 4.37. The summed E-state index contributed by atoms with van der Waals surface area (Å²) in [4.78, 5) is 11.9. The van der Waals surface area contributed by atoms with Gasteiger partial charge >= 0.3 is 6.03 Å². The maximum absolute atomic E-state index is 13.3. The first kappa shape index (κ1) is 14.3. The average Bonchev–Trinajstić information content (AvgIpc) is 3.28. The molecule has 2 fully saturated rings. The van der Waals surface area contributed by atoms with Crippen molar-refractivity contribution in [3.8, 4) is 0 Å². The van der Waals surface area contributed by atoms with Gasteiger partial charge in [0, 0.05) is 18.6 Å². The molecule has 0 radical (unpaired) electrons. The van der Waals surface area contributed by atoms with Crippen molar-refractivity contribution < 1.29 is 13.9 Å². The van der Waals surface area contributed by atoms with Gasteiger partial charge in [0.15, 0.2) is 0 Å². The molecule has 1 aromatic carbocycles. The lowest BCUT2D eigenvalue weighted by molar-refractivity contribution is 0.0732. The Bertz CT molecular complexity index is 511. The number of benzene rings is 1. The molecule has 114 valence electrons. The number of hydrogen-bond acceptors (Lipinski definition) is 2. The van der Waals surface area contributed by atoms with Crippen molar-refractivity contribution in [2.45, 2.75) is 37.1 Å². The normalized spacial score (nSPS) is 23.4. The Hall–Kier alpha value is -1.62. The predicted octanol–water partition coefficient (Wildman–Crippen LogP) is 2.34. The Kier molecular flexibility index (Phi) is 4.10. The van der Waals surface area contributed by atoms with E-state index in [9.17, 15) is 9.18 Å². The van der Waals surface area contributed by atoms with Crippen LogP contribution in [-0.4, -0.2) is 31.8 Å². The van der Waals surface area contributed by atoms with Crippen molar-refractivity contribution in [2.24, 2.45) is 0 Å². The number of hydrogen-bond donors (Lipinski definition) is 2. The second-order valence-electron chi connectivity index (χ2n) is 6.03. The number of carbonyl (C=O) groups excluding carboxylic acids is 1. The Morgan fingerprint density at radius 3 is 2.95 bits per heavy atom. The SMILES string of the molecule is O=C(NCC1(c2cccc(F)c2)CC1)N[C@@H]1CCCOC1. The average molecular weight is 292 g/mol. The molecule has 5 heteroatoms. The summed E-state index contributed by atoms with van der Waals surface area (Å²) >= 11 is 0. The molecule has 2 amide bonds. The fraction of sp³-hybridized carbons (Fsp3) is 0.562. The van der Waals surface area contributed by atoms with Crippen molar-refractivity contribution in [1.82, 2.24) is 10.6 Å². The van der Waals surface area contributed by atoms with Crippen LogP contribution in [0.25, 0.3) is 0 Å². The van der Waals surface area contributed by atoms with Crippen LogP contribution in [0.4, 0.5) is 9.18 Å². The smallest absolute Gasteiger partial charge is 0.315 e. The Labute approximate surface area is 124 Å². The molecule has 0 aromatic heterocycles. The van der Waals surface area contributed by atoms with Crippen molar-refractivity contribution in [2.75, 3.05) is 19.8 Å². The molecule has 2 N–H and O–H groups in total. The van der Waals surface area contributed by atoms with E-state index in [0.29, 0.717) is 13.2 Å². The molecular formula is C16H21FN2O2. The number of halogens is 1. The number of amides is 2. The molecule has 1 aliphatic carbocycles. The summed E-state index contributed by atoms with van der Waals surface area (Å²) in [6.45, 7) is 1.92. The topological polar surface area (TPSA) is 50.4 Å². The van der Waals surface area contributed by atoms with E-state index in [1.807, 2.05) is 6.07 Å². The third-order valence-corrected chi connectivity index (χ3v) is 4.37. The van der Waals surface area contributed by atoms with Gasteiger partial charge in [0.05, 0.1) is 12.6 Å². The van der Waals surface area contributed by atoms with E-state index in [-0.39, 0.29) is 23.3 Å². The van der Waals surface area contributed by atoms with Crippen molar-refractivity contribution in [1.29, 1.82) is 0 Å². The molecule has 1 aliphatic heterocycles. The monoisotopic (exact) mass is 292 g/mol. The number of ether oxygens (including phenoxy) is 1. The second-order valence-corrected chi connectivity index (χ2v) is 6.03. The Morgan fingerprint density at radius 1 is 1.43 bits per heavy atom. The van der Waals surface area contributed by atoms with Crippen LogP contribution >= 0.6 is 0 Å². The predicted molar refractivity (Wildman–Crippen MR) is 77.7 cm³/mol. The first-order valence-electron chi connectivity index (χ1n) is 7.56. The summed E-state index contributed by atoms with van der Waals surface area (Å²) in [6, 6.07) is 6.62. The molecule has 4 nitrogen and oxygen atoms in total. The maximum Gasteiger partial charge on any atom is 0.315 e. The number of carbonyl (C=O) groups is 1. The first-order valence-corrected chi connectivity index (χ1v) is 7.56. The summed E-state index contributed by atoms with van der Waals surface area (Å²) in [5.74, 6) is -0.220. The molecule has 1 saturated carbocycles. The third kappa shape index (κ3) is 3.53. The summed E-state index contributed by atoms with van der Waals surface area (Å²) in [7, 11) is 0. The van der Waals surface area contributed by atoms with Gasteiger partial charge in [-0.05, 0) is 43.4 Å². The van der Waals surface area contributed by atoms with Crippen molar-refractivity contribution in [3.63, 3.8) is 0 Å². The van der Waals surface area contributed by atoms with E-state index < -0.39 is 0 Å². The standard InChI is InChI=1S/C16H21FN2O2/c17-13-4-1-3-12(9-13)16(6-7-16)11-18-15(20)19-14-5-2-8-21-10-14/h1,3-4,9,14H,2,5-8,10-11H2,(H2,18,19,20)/t14-/m1/s1. The van der Waals surface area contributed by atoms with E-state index in [2.05, 4.69) is 10.6 Å². The molecule has 0 spiro atoms. The highest BCUT2D eigenvalue weighted by atomic mass is 19.1. The van der Waals surface area contributed by atoms with Gasteiger partial charge in [0.2, 0.25) is 0 Å². The van der Waals surface area contributed by atoms with Crippen molar-refractivity contribution in [3.05, 3.63) is 35.6 Å². The lowest BCUT2D eigenvalue weighted by Crippen LogP contribution is -2.47. The lowest BCUT2D eigenvalue weighted by Gasteiger charge is -2.24. The van der Waals surface area contributed by atoms with Gasteiger partial charge in [-0.3, -0.25) is 0 Å². The van der Waals surface area contributed by atoms with Crippen LogP contribution in [0, 0.1) is 5.82 Å². The summed E-state index contributed by atoms with van der Waals surface area (Å²) in [5, 5.41) is 5.86. The quantitative estimate of drug-likeness (QED) is 0.895. The minimum atomic E-state index is -0.220. The summed E-state index contributed by atoms with van der Waals surface area (Å²) in [5.41, 5.74) is 0.895. The summed E-state index contributed by atoms with van der Waals surface area (Å²) < 4.78 is 18.7. The van der Waals surface area contributed by atoms with Crippen LogP contribution in [0.5, 0.6) is 0 Å². The van der Waals surface area contributed by atoms with Gasteiger partial charge < -0.3 is 15.4 Å². The fourth-order valence-electron chi connectivity index (χ4n) is 2.88. The minimum absolute atomic E-state index is 0.0808. The molecule has 0 bridgehead atoms. The summed E-state index contributed by atoms with van der Waals surface area (Å²) in [6.07, 6.45) is 3.92. The van der Waals surface area contributed by atoms with Gasteiger partial charge in [0.1, 0.15) is 5.82 Å². The number of nitrogens with one attached hydrogen (secondary N) is 2. The van der Waals surface area contributed by atoms with Crippen LogP contribution in [0.1, 0.15) is 31.2 Å². The molecule has 0 unspecified atom stereocenters. The van der Waals surface area contributed by atoms with Gasteiger partial charge in [-0.25, -0.2) is 9.18 Å². The van der Waals surface area contributed by atoms with Crippen LogP contribution in [-0.2, 0) is 10.2 Å². The Morgan fingerprint density at radius 2 is 2.29 bits per heavy atom. The molecule has 1 saturated heterocycles. The second kappa shape index (κ2) is 6.02. The number of rotatable bonds is 4. The van der Waals surface area contributed by atoms with Crippen molar-refractivity contribution >= 4 is 6.03 Å².